The fourth-order valence-corrected chi connectivity index (χ4v) is 2.64. The largest absolute Gasteiger partial charge is 0.481 e. The predicted molar refractivity (Wildman–Crippen MR) is 94.4 cm³/mol. The van der Waals surface area contributed by atoms with Crippen LogP contribution in [0.3, 0.4) is 0 Å². The number of para-hydroxylation sites is 1. The van der Waals surface area contributed by atoms with Crippen LogP contribution in [0.1, 0.15) is 12.5 Å². The molecule has 3 rings (SSSR count). The summed E-state index contributed by atoms with van der Waals surface area (Å²) in [5, 5.41) is 9.09. The van der Waals surface area contributed by atoms with Crippen LogP contribution in [0.25, 0.3) is 22.6 Å². The predicted octanol–water partition coefficient (Wildman–Crippen LogP) is 3.59. The van der Waals surface area contributed by atoms with Crippen molar-refractivity contribution in [2.45, 2.75) is 13.3 Å². The number of aromatic amines is 1. The molecule has 122 valence electrons. The minimum atomic E-state index is -0.829. The Morgan fingerprint density at radius 3 is 2.67 bits per heavy atom. The number of rotatable bonds is 5. The summed E-state index contributed by atoms with van der Waals surface area (Å²) in [7, 11) is 0. The minimum Gasteiger partial charge on any atom is -0.481 e. The first kappa shape index (κ1) is 15.8. The lowest BCUT2D eigenvalue weighted by Crippen LogP contribution is -2.13. The molecule has 3 aromatic rings. The highest BCUT2D eigenvalue weighted by molar-refractivity contribution is 5.77. The van der Waals surface area contributed by atoms with E-state index < -0.39 is 11.9 Å². The number of aromatic nitrogens is 2. The van der Waals surface area contributed by atoms with Crippen LogP contribution in [0.5, 0.6) is 0 Å². The summed E-state index contributed by atoms with van der Waals surface area (Å²) in [6, 6.07) is 15.5. The molecule has 1 aromatic heterocycles. The van der Waals surface area contributed by atoms with Crippen LogP contribution in [-0.2, 0) is 11.2 Å². The van der Waals surface area contributed by atoms with E-state index in [1.54, 1.807) is 13.1 Å². The number of imidazole rings is 1. The van der Waals surface area contributed by atoms with E-state index in [0.717, 1.165) is 22.4 Å². The molecule has 5 nitrogen and oxygen atoms in total. The number of H-pyrrole nitrogens is 1. The molecule has 0 saturated carbocycles. The first-order valence-corrected chi connectivity index (χ1v) is 7.77. The molecular weight excluding hydrogens is 302 g/mol. The molecule has 5 heteroatoms. The summed E-state index contributed by atoms with van der Waals surface area (Å²) in [6.07, 6.45) is 2.16. The molecule has 1 atom stereocenters. The van der Waals surface area contributed by atoms with Gasteiger partial charge in [-0.05, 0) is 23.6 Å². The van der Waals surface area contributed by atoms with Crippen LogP contribution < -0.4 is 5.73 Å². The Morgan fingerprint density at radius 1 is 1.21 bits per heavy atom. The molecule has 0 radical (unpaired) electrons. The van der Waals surface area contributed by atoms with Crippen LogP contribution in [0.2, 0.25) is 0 Å². The Bertz CT molecular complexity index is 856. The summed E-state index contributed by atoms with van der Waals surface area (Å²) in [4.78, 5) is 18.8. The molecule has 0 fully saturated rings. The van der Waals surface area contributed by atoms with Crippen molar-refractivity contribution in [1.29, 1.82) is 0 Å². The summed E-state index contributed by atoms with van der Waals surface area (Å²) in [5.74, 6) is -0.639. The van der Waals surface area contributed by atoms with Crippen molar-refractivity contribution in [2.24, 2.45) is 5.92 Å². The molecule has 0 aliphatic carbocycles. The number of nitrogens with two attached hydrogens (primary N) is 1. The number of carbonyl (C=O) groups is 1. The summed E-state index contributed by atoms with van der Waals surface area (Å²) in [5.41, 5.74) is 10.4. The van der Waals surface area contributed by atoms with E-state index in [2.05, 4.69) is 9.97 Å². The quantitative estimate of drug-likeness (QED) is 0.626. The highest BCUT2D eigenvalue weighted by Gasteiger charge is 2.16. The van der Waals surface area contributed by atoms with Crippen LogP contribution in [0.4, 0.5) is 5.69 Å². The third kappa shape index (κ3) is 3.15. The van der Waals surface area contributed by atoms with Gasteiger partial charge < -0.3 is 15.8 Å². The molecule has 0 aliphatic heterocycles. The second-order valence-electron chi connectivity index (χ2n) is 5.83. The van der Waals surface area contributed by atoms with Gasteiger partial charge >= 0.3 is 5.97 Å². The molecule has 0 aliphatic rings. The summed E-state index contributed by atoms with van der Waals surface area (Å²) in [6.45, 7) is 1.68. The number of nitrogens with zero attached hydrogens (tertiary/aromatic N) is 1. The Labute approximate surface area is 140 Å². The van der Waals surface area contributed by atoms with Gasteiger partial charge in [0.25, 0.3) is 0 Å². The van der Waals surface area contributed by atoms with Gasteiger partial charge in [0.1, 0.15) is 5.82 Å². The van der Waals surface area contributed by atoms with E-state index in [1.807, 2.05) is 48.5 Å². The highest BCUT2D eigenvalue weighted by Crippen LogP contribution is 2.29. The third-order valence-electron chi connectivity index (χ3n) is 4.06. The first-order chi connectivity index (χ1) is 11.6. The Hall–Kier alpha value is -3.08. The smallest absolute Gasteiger partial charge is 0.306 e. The Kier molecular flexibility index (Phi) is 4.33. The number of benzene rings is 2. The number of nitrogens with one attached hydrogen (secondary N) is 1. The van der Waals surface area contributed by atoms with Crippen molar-refractivity contribution in [1.82, 2.24) is 9.97 Å². The zero-order chi connectivity index (χ0) is 17.1. The lowest BCUT2D eigenvalue weighted by Gasteiger charge is -2.12. The van der Waals surface area contributed by atoms with Crippen molar-refractivity contribution in [2.75, 3.05) is 5.73 Å². The third-order valence-corrected chi connectivity index (χ3v) is 4.06. The lowest BCUT2D eigenvalue weighted by atomic mass is 9.97. The monoisotopic (exact) mass is 321 g/mol. The van der Waals surface area contributed by atoms with Gasteiger partial charge in [-0.1, -0.05) is 49.4 Å². The number of hydrogen-bond donors (Lipinski definition) is 3. The van der Waals surface area contributed by atoms with Crippen molar-refractivity contribution in [3.8, 4) is 22.6 Å². The molecule has 0 unspecified atom stereocenters. The van der Waals surface area contributed by atoms with Gasteiger partial charge in [-0.2, -0.15) is 0 Å². The van der Waals surface area contributed by atoms with Crippen LogP contribution >= 0.6 is 0 Å². The second-order valence-corrected chi connectivity index (χ2v) is 5.83. The zero-order valence-electron chi connectivity index (χ0n) is 13.4. The Balaban J connectivity index is 1.93. The number of hydrogen-bond acceptors (Lipinski definition) is 3. The molecule has 0 amide bonds. The zero-order valence-corrected chi connectivity index (χ0v) is 13.4. The van der Waals surface area contributed by atoms with E-state index in [4.69, 9.17) is 10.8 Å². The second kappa shape index (κ2) is 6.58. The molecular formula is C19H19N3O2. The van der Waals surface area contributed by atoms with E-state index in [9.17, 15) is 4.79 Å². The van der Waals surface area contributed by atoms with Gasteiger partial charge in [0.15, 0.2) is 0 Å². The van der Waals surface area contributed by atoms with Crippen LogP contribution in [0, 0.1) is 5.92 Å². The molecule has 1 heterocycles. The van der Waals surface area contributed by atoms with Crippen LogP contribution in [-0.4, -0.2) is 21.0 Å². The normalized spacial score (nSPS) is 12.0. The van der Waals surface area contributed by atoms with E-state index in [1.165, 1.54) is 0 Å². The fourth-order valence-electron chi connectivity index (χ4n) is 2.64. The topological polar surface area (TPSA) is 92.0 Å². The fraction of sp³-hybridized carbons (Fsp3) is 0.158. The molecule has 0 spiro atoms. The molecule has 0 bridgehead atoms. The molecule has 4 N–H and O–H groups in total. The SMILES string of the molecule is C[C@H](Cc1cccc(-c2ncc(-c3ccccc3)[nH]2)c1N)C(=O)O. The van der Waals surface area contributed by atoms with Gasteiger partial charge in [-0.3, -0.25) is 4.79 Å². The number of anilines is 1. The number of carboxylic acid groups (broad SMARTS) is 1. The maximum Gasteiger partial charge on any atom is 0.306 e. The lowest BCUT2D eigenvalue weighted by molar-refractivity contribution is -0.141. The van der Waals surface area contributed by atoms with Gasteiger partial charge in [0.05, 0.1) is 17.8 Å². The van der Waals surface area contributed by atoms with E-state index in [-0.39, 0.29) is 0 Å². The maximum atomic E-state index is 11.1. The van der Waals surface area contributed by atoms with E-state index >= 15 is 0 Å². The molecule has 24 heavy (non-hydrogen) atoms. The van der Waals surface area contributed by atoms with Crippen molar-refractivity contribution >= 4 is 11.7 Å². The summed E-state index contributed by atoms with van der Waals surface area (Å²) < 4.78 is 0. The summed E-state index contributed by atoms with van der Waals surface area (Å²) >= 11 is 0. The molecule has 2 aromatic carbocycles. The standard InChI is InChI=1S/C19H19N3O2/c1-12(19(23)24)10-14-8-5-9-15(17(14)20)18-21-11-16(22-18)13-6-3-2-4-7-13/h2-9,11-12H,10,20H2,1H3,(H,21,22)(H,23,24)/t12-/m1/s1. The van der Waals surface area contributed by atoms with Gasteiger partial charge in [-0.15, -0.1) is 0 Å². The maximum absolute atomic E-state index is 11.1. The first-order valence-electron chi connectivity index (χ1n) is 7.77. The van der Waals surface area contributed by atoms with Gasteiger partial charge in [-0.25, -0.2) is 4.98 Å². The number of nitrogen functional groups attached to an aromatic ring is 1. The van der Waals surface area contributed by atoms with Crippen molar-refractivity contribution in [3.05, 3.63) is 60.3 Å². The Morgan fingerprint density at radius 2 is 1.96 bits per heavy atom. The number of carboxylic acids is 1. The van der Waals surface area contributed by atoms with Gasteiger partial charge in [0.2, 0.25) is 0 Å². The van der Waals surface area contributed by atoms with Crippen LogP contribution in [0.15, 0.2) is 54.7 Å². The van der Waals surface area contributed by atoms with Gasteiger partial charge in [0, 0.05) is 11.3 Å². The van der Waals surface area contributed by atoms with E-state index in [0.29, 0.717) is 17.9 Å². The number of aliphatic carboxylic acids is 1. The minimum absolute atomic E-state index is 0.390. The van der Waals surface area contributed by atoms with Crippen molar-refractivity contribution < 1.29 is 9.90 Å². The highest BCUT2D eigenvalue weighted by atomic mass is 16.4. The average Bonchev–Trinajstić information content (AvgIpc) is 3.07. The molecule has 0 saturated heterocycles. The van der Waals surface area contributed by atoms with Crippen molar-refractivity contribution in [3.63, 3.8) is 0 Å². The average molecular weight is 321 g/mol.